The summed E-state index contributed by atoms with van der Waals surface area (Å²) in [5.74, 6) is -0.609. The molecule has 0 unspecified atom stereocenters. The van der Waals surface area contributed by atoms with Crippen molar-refractivity contribution in [2.24, 2.45) is 0 Å². The summed E-state index contributed by atoms with van der Waals surface area (Å²) in [6.45, 7) is 1.98. The molecular weight excluding hydrogens is 554 g/mol. The molecule has 0 aliphatic heterocycles. The van der Waals surface area contributed by atoms with E-state index in [0.29, 0.717) is 20.2 Å². The number of phenols is 1. The average molecular weight is 577 g/mol. The second-order valence-corrected chi connectivity index (χ2v) is 8.67. The predicted octanol–water partition coefficient (Wildman–Crippen LogP) is 5.39. The molecular formula is C21H23Br2NO6S. The summed E-state index contributed by atoms with van der Waals surface area (Å²) in [4.78, 5) is 24.0. The number of halogens is 2. The quantitative estimate of drug-likeness (QED) is 0.273. The van der Waals surface area contributed by atoms with E-state index < -0.39 is 24.3 Å². The molecule has 168 valence electrons. The second-order valence-electron chi connectivity index (χ2n) is 6.58. The van der Waals surface area contributed by atoms with Gasteiger partial charge in [0.15, 0.2) is 6.10 Å². The van der Waals surface area contributed by atoms with E-state index in [1.165, 1.54) is 7.11 Å². The Balaban J connectivity index is 2.27. The van der Waals surface area contributed by atoms with Crippen molar-refractivity contribution in [2.45, 2.75) is 25.6 Å². The Hall–Kier alpha value is -1.75. The molecule has 0 aliphatic carbocycles. The third-order valence-corrected chi connectivity index (χ3v) is 5.65. The van der Waals surface area contributed by atoms with Crippen LogP contribution in [-0.4, -0.2) is 42.7 Å². The molecule has 0 radical (unpaired) electrons. The van der Waals surface area contributed by atoms with Crippen molar-refractivity contribution < 1.29 is 28.9 Å². The Bertz CT molecular complexity index is 909. The summed E-state index contributed by atoms with van der Waals surface area (Å²) in [7, 11) is 1.45. The van der Waals surface area contributed by atoms with Crippen LogP contribution >= 0.6 is 44.5 Å². The number of benzene rings is 2. The van der Waals surface area contributed by atoms with Gasteiger partial charge in [-0.05, 0) is 47.1 Å². The minimum atomic E-state index is -0.987. The van der Waals surface area contributed by atoms with Crippen LogP contribution in [0.1, 0.15) is 23.7 Å². The third kappa shape index (κ3) is 7.71. The van der Waals surface area contributed by atoms with E-state index in [2.05, 4.69) is 49.8 Å². The van der Waals surface area contributed by atoms with E-state index in [9.17, 15) is 14.7 Å². The SMILES string of the molecule is CO[C@H](CCOC(=O)CS)[C@H](OC(=O)Nc1ccc(C)cc1)c1cc(Br)cc(Br)c1O. The number of thiol groups is 1. The number of phenolic OH excluding ortho intramolecular Hbond substituents is 1. The Morgan fingerprint density at radius 1 is 1.19 bits per heavy atom. The summed E-state index contributed by atoms with van der Waals surface area (Å²) in [5, 5.41) is 13.3. The lowest BCUT2D eigenvalue weighted by atomic mass is 10.0. The molecule has 2 N–H and O–H groups in total. The zero-order chi connectivity index (χ0) is 23.0. The number of esters is 1. The highest BCUT2D eigenvalue weighted by atomic mass is 79.9. The lowest BCUT2D eigenvalue weighted by Gasteiger charge is -2.27. The van der Waals surface area contributed by atoms with Gasteiger partial charge >= 0.3 is 12.1 Å². The van der Waals surface area contributed by atoms with Crippen molar-refractivity contribution in [3.8, 4) is 5.75 Å². The van der Waals surface area contributed by atoms with Crippen molar-refractivity contribution in [3.05, 3.63) is 56.5 Å². The minimum Gasteiger partial charge on any atom is -0.506 e. The third-order valence-electron chi connectivity index (χ3n) is 4.33. The molecule has 1 amide bonds. The zero-order valence-electron chi connectivity index (χ0n) is 16.9. The van der Waals surface area contributed by atoms with Gasteiger partial charge < -0.3 is 19.3 Å². The van der Waals surface area contributed by atoms with Crippen molar-refractivity contribution in [3.63, 3.8) is 0 Å². The van der Waals surface area contributed by atoms with Gasteiger partial charge in [0.1, 0.15) is 11.9 Å². The molecule has 7 nitrogen and oxygen atoms in total. The van der Waals surface area contributed by atoms with Crippen LogP contribution < -0.4 is 5.32 Å². The molecule has 0 saturated carbocycles. The highest BCUT2D eigenvalue weighted by molar-refractivity contribution is 9.11. The van der Waals surface area contributed by atoms with Gasteiger partial charge in [0.05, 0.1) is 16.8 Å². The van der Waals surface area contributed by atoms with Crippen LogP contribution in [0.15, 0.2) is 45.3 Å². The van der Waals surface area contributed by atoms with Crippen molar-refractivity contribution in [1.82, 2.24) is 0 Å². The number of aromatic hydroxyl groups is 1. The van der Waals surface area contributed by atoms with Crippen LogP contribution in [0.4, 0.5) is 10.5 Å². The topological polar surface area (TPSA) is 94.1 Å². The van der Waals surface area contributed by atoms with Gasteiger partial charge in [-0.3, -0.25) is 10.1 Å². The van der Waals surface area contributed by atoms with Gasteiger partial charge in [-0.2, -0.15) is 12.6 Å². The van der Waals surface area contributed by atoms with Gasteiger partial charge in [-0.15, -0.1) is 0 Å². The Morgan fingerprint density at radius 3 is 2.48 bits per heavy atom. The summed E-state index contributed by atoms with van der Waals surface area (Å²) >= 11 is 10.5. The Morgan fingerprint density at radius 2 is 1.87 bits per heavy atom. The Kier molecular flexibility index (Phi) is 10.1. The lowest BCUT2D eigenvalue weighted by molar-refractivity contribution is -0.141. The van der Waals surface area contributed by atoms with Gasteiger partial charge in [0.25, 0.3) is 0 Å². The molecule has 0 aliphatic rings. The maximum Gasteiger partial charge on any atom is 0.412 e. The van der Waals surface area contributed by atoms with E-state index in [0.717, 1.165) is 5.56 Å². The molecule has 2 rings (SSSR count). The van der Waals surface area contributed by atoms with Crippen LogP contribution in [0.25, 0.3) is 0 Å². The van der Waals surface area contributed by atoms with Crippen LogP contribution in [0.5, 0.6) is 5.75 Å². The molecule has 10 heteroatoms. The average Bonchev–Trinajstić information content (AvgIpc) is 2.74. The van der Waals surface area contributed by atoms with Crippen LogP contribution in [0, 0.1) is 6.92 Å². The maximum absolute atomic E-state index is 12.6. The first-order valence-electron chi connectivity index (χ1n) is 9.26. The number of ether oxygens (including phenoxy) is 3. The van der Waals surface area contributed by atoms with Crippen molar-refractivity contribution in [1.29, 1.82) is 0 Å². The fourth-order valence-corrected chi connectivity index (χ4v) is 4.12. The lowest BCUT2D eigenvalue weighted by Crippen LogP contribution is -2.29. The summed E-state index contributed by atoms with van der Waals surface area (Å²) in [5.41, 5.74) is 1.94. The van der Waals surface area contributed by atoms with Crippen LogP contribution in [-0.2, 0) is 19.0 Å². The number of anilines is 1. The number of carbonyl (C=O) groups excluding carboxylic acids is 2. The molecule has 2 atom stereocenters. The molecule has 0 aromatic heterocycles. The fourth-order valence-electron chi connectivity index (χ4n) is 2.77. The number of amides is 1. The number of nitrogens with one attached hydrogen (secondary N) is 1. The van der Waals surface area contributed by atoms with Crippen molar-refractivity contribution in [2.75, 3.05) is 24.8 Å². The first-order chi connectivity index (χ1) is 14.7. The smallest absolute Gasteiger partial charge is 0.412 e. The highest BCUT2D eigenvalue weighted by Crippen LogP contribution is 2.39. The van der Waals surface area contributed by atoms with Crippen LogP contribution in [0.2, 0.25) is 0 Å². The molecule has 2 aromatic rings. The normalized spacial score (nSPS) is 12.7. The standard InChI is InChI=1S/C21H23Br2NO6S/c1-12-3-5-14(6-4-12)24-21(27)30-20(15-9-13(22)10-16(23)19(15)26)17(28-2)7-8-29-18(25)11-31/h3-6,9-10,17,20,26,31H,7-8,11H2,1-2H3,(H,24,27)/t17-,20-/m1/s1. The molecule has 31 heavy (non-hydrogen) atoms. The van der Waals surface area contributed by atoms with E-state index in [4.69, 9.17) is 14.2 Å². The number of carbonyl (C=O) groups is 2. The predicted molar refractivity (Wildman–Crippen MR) is 128 cm³/mol. The molecule has 0 bridgehead atoms. The molecule has 0 heterocycles. The maximum atomic E-state index is 12.6. The minimum absolute atomic E-state index is 0.0350. The van der Waals surface area contributed by atoms with E-state index >= 15 is 0 Å². The monoisotopic (exact) mass is 575 g/mol. The van der Waals surface area contributed by atoms with E-state index in [1.807, 2.05) is 19.1 Å². The van der Waals surface area contributed by atoms with E-state index in [1.54, 1.807) is 24.3 Å². The first-order valence-corrected chi connectivity index (χ1v) is 11.5. The first kappa shape index (κ1) is 25.5. The number of hydrogen-bond acceptors (Lipinski definition) is 7. The summed E-state index contributed by atoms with van der Waals surface area (Å²) in [6.07, 6.45) is -2.19. The number of hydrogen-bond donors (Lipinski definition) is 3. The second kappa shape index (κ2) is 12.3. The summed E-state index contributed by atoms with van der Waals surface area (Å²) in [6, 6.07) is 10.5. The largest absolute Gasteiger partial charge is 0.506 e. The number of rotatable bonds is 9. The van der Waals surface area contributed by atoms with Gasteiger partial charge in [-0.25, -0.2) is 4.79 Å². The van der Waals surface area contributed by atoms with Gasteiger partial charge in [-0.1, -0.05) is 33.6 Å². The van der Waals surface area contributed by atoms with E-state index in [-0.39, 0.29) is 24.5 Å². The Labute approximate surface area is 203 Å². The van der Waals surface area contributed by atoms with Crippen molar-refractivity contribution >= 4 is 62.2 Å². The summed E-state index contributed by atoms with van der Waals surface area (Å²) < 4.78 is 17.3. The molecule has 0 fully saturated rings. The molecule has 2 aromatic carbocycles. The molecule has 0 saturated heterocycles. The number of aryl methyl sites for hydroxylation is 1. The zero-order valence-corrected chi connectivity index (χ0v) is 21.0. The number of methoxy groups -OCH3 is 1. The molecule has 0 spiro atoms. The fraction of sp³-hybridized carbons (Fsp3) is 0.333. The van der Waals surface area contributed by atoms with Gasteiger partial charge in [0, 0.05) is 29.3 Å². The van der Waals surface area contributed by atoms with Gasteiger partial charge in [0.2, 0.25) is 0 Å². The highest BCUT2D eigenvalue weighted by Gasteiger charge is 2.31. The van der Waals surface area contributed by atoms with Crippen LogP contribution in [0.3, 0.4) is 0 Å².